The number of ether oxygens (including phenoxy) is 1. The number of nitrogen functional groups attached to an aromatic ring is 1. The van der Waals surface area contributed by atoms with Crippen molar-refractivity contribution in [1.82, 2.24) is 9.88 Å². The molecule has 128 valence electrons. The van der Waals surface area contributed by atoms with Crippen LogP contribution >= 0.6 is 0 Å². The number of carbonyl (C=O) groups is 1. The molecule has 0 aliphatic rings. The number of hydrogen-bond acceptors (Lipinski definition) is 4. The number of benzene rings is 2. The molecule has 0 bridgehead atoms. The van der Waals surface area contributed by atoms with Crippen LogP contribution in [0.5, 0.6) is 0 Å². The minimum atomic E-state index is -0.154. The summed E-state index contributed by atoms with van der Waals surface area (Å²) in [5, 5.41) is 0.852. The quantitative estimate of drug-likeness (QED) is 0.751. The van der Waals surface area contributed by atoms with Crippen molar-refractivity contribution in [3.05, 3.63) is 71.9 Å². The Morgan fingerprint density at radius 1 is 1.12 bits per heavy atom. The third-order valence-electron chi connectivity index (χ3n) is 4.04. The predicted octanol–water partition coefficient (Wildman–Crippen LogP) is 3.11. The van der Waals surface area contributed by atoms with E-state index in [0.717, 1.165) is 16.5 Å². The van der Waals surface area contributed by atoms with Crippen LogP contribution in [0.25, 0.3) is 10.9 Å². The van der Waals surface area contributed by atoms with Crippen LogP contribution in [-0.4, -0.2) is 36.1 Å². The summed E-state index contributed by atoms with van der Waals surface area (Å²) >= 11 is 0. The van der Waals surface area contributed by atoms with E-state index in [4.69, 9.17) is 10.5 Å². The Bertz CT molecular complexity index is 865. The molecule has 1 aromatic heterocycles. The van der Waals surface area contributed by atoms with Crippen molar-refractivity contribution in [3.8, 4) is 0 Å². The molecule has 2 aromatic carbocycles. The SMILES string of the molecule is COCCN(Cc1ccccc1)C(=O)c1cc(N)c2ccccc2n1. The second-order valence-corrected chi connectivity index (χ2v) is 5.82. The van der Waals surface area contributed by atoms with Crippen molar-refractivity contribution < 1.29 is 9.53 Å². The average Bonchev–Trinajstić information content (AvgIpc) is 2.65. The monoisotopic (exact) mass is 335 g/mol. The van der Waals surface area contributed by atoms with Crippen molar-refractivity contribution in [1.29, 1.82) is 0 Å². The summed E-state index contributed by atoms with van der Waals surface area (Å²) in [6.45, 7) is 1.44. The Kier molecular flexibility index (Phi) is 5.26. The van der Waals surface area contributed by atoms with E-state index in [9.17, 15) is 4.79 Å². The highest BCUT2D eigenvalue weighted by molar-refractivity contribution is 5.99. The first kappa shape index (κ1) is 16.9. The third-order valence-corrected chi connectivity index (χ3v) is 4.04. The van der Waals surface area contributed by atoms with E-state index < -0.39 is 0 Å². The number of carbonyl (C=O) groups excluding carboxylic acids is 1. The zero-order chi connectivity index (χ0) is 17.6. The fourth-order valence-corrected chi connectivity index (χ4v) is 2.73. The molecule has 0 spiro atoms. The van der Waals surface area contributed by atoms with Crippen LogP contribution in [0, 0.1) is 0 Å². The molecule has 1 amide bonds. The van der Waals surface area contributed by atoms with Gasteiger partial charge in [-0.15, -0.1) is 0 Å². The summed E-state index contributed by atoms with van der Waals surface area (Å²) in [6.07, 6.45) is 0. The summed E-state index contributed by atoms with van der Waals surface area (Å²) in [5.74, 6) is -0.154. The number of anilines is 1. The molecule has 0 aliphatic carbocycles. The first-order chi connectivity index (χ1) is 12.2. The number of para-hydroxylation sites is 1. The molecule has 0 aliphatic heterocycles. The van der Waals surface area contributed by atoms with Crippen LogP contribution in [0.3, 0.4) is 0 Å². The van der Waals surface area contributed by atoms with Gasteiger partial charge >= 0.3 is 0 Å². The zero-order valence-electron chi connectivity index (χ0n) is 14.2. The van der Waals surface area contributed by atoms with Gasteiger partial charge in [0, 0.05) is 31.3 Å². The zero-order valence-corrected chi connectivity index (χ0v) is 14.2. The molecule has 3 aromatic rings. The lowest BCUT2D eigenvalue weighted by atomic mass is 10.1. The molecule has 0 fully saturated rings. The minimum Gasteiger partial charge on any atom is -0.398 e. The number of aromatic nitrogens is 1. The molecule has 0 atom stereocenters. The Labute approximate surface area is 147 Å². The molecule has 1 heterocycles. The van der Waals surface area contributed by atoms with Crippen molar-refractivity contribution in [2.24, 2.45) is 0 Å². The van der Waals surface area contributed by atoms with Gasteiger partial charge in [0.25, 0.3) is 5.91 Å². The number of rotatable bonds is 6. The fourth-order valence-electron chi connectivity index (χ4n) is 2.73. The topological polar surface area (TPSA) is 68.5 Å². The molecular weight excluding hydrogens is 314 g/mol. The number of amides is 1. The lowest BCUT2D eigenvalue weighted by Crippen LogP contribution is -2.34. The van der Waals surface area contributed by atoms with E-state index in [1.54, 1.807) is 18.1 Å². The molecule has 5 nitrogen and oxygen atoms in total. The minimum absolute atomic E-state index is 0.154. The van der Waals surface area contributed by atoms with E-state index in [1.807, 2.05) is 54.6 Å². The molecule has 0 saturated carbocycles. The van der Waals surface area contributed by atoms with E-state index in [0.29, 0.717) is 31.1 Å². The largest absolute Gasteiger partial charge is 0.398 e. The van der Waals surface area contributed by atoms with E-state index in [1.165, 1.54) is 0 Å². The summed E-state index contributed by atoms with van der Waals surface area (Å²) in [5.41, 5.74) is 8.79. The smallest absolute Gasteiger partial charge is 0.272 e. The number of nitrogens with two attached hydrogens (primary N) is 1. The van der Waals surface area contributed by atoms with Crippen molar-refractivity contribution >= 4 is 22.5 Å². The highest BCUT2D eigenvalue weighted by Gasteiger charge is 2.18. The number of hydrogen-bond donors (Lipinski definition) is 1. The van der Waals surface area contributed by atoms with Crippen LogP contribution < -0.4 is 5.73 Å². The number of fused-ring (bicyclic) bond motifs is 1. The molecule has 0 saturated heterocycles. The van der Waals surface area contributed by atoms with E-state index in [2.05, 4.69) is 4.98 Å². The Morgan fingerprint density at radius 2 is 1.84 bits per heavy atom. The first-order valence-corrected chi connectivity index (χ1v) is 8.16. The maximum Gasteiger partial charge on any atom is 0.272 e. The molecule has 0 radical (unpaired) electrons. The van der Waals surface area contributed by atoms with Crippen LogP contribution in [0.15, 0.2) is 60.7 Å². The highest BCUT2D eigenvalue weighted by Crippen LogP contribution is 2.21. The lowest BCUT2D eigenvalue weighted by molar-refractivity contribution is 0.0675. The van der Waals surface area contributed by atoms with Gasteiger partial charge in [0.05, 0.1) is 12.1 Å². The van der Waals surface area contributed by atoms with Crippen LogP contribution in [0.1, 0.15) is 16.1 Å². The molecule has 3 rings (SSSR count). The average molecular weight is 335 g/mol. The van der Waals surface area contributed by atoms with Crippen LogP contribution in [-0.2, 0) is 11.3 Å². The molecule has 5 heteroatoms. The van der Waals surface area contributed by atoms with E-state index >= 15 is 0 Å². The fraction of sp³-hybridized carbons (Fsp3) is 0.200. The Balaban J connectivity index is 1.91. The number of methoxy groups -OCH3 is 1. The van der Waals surface area contributed by atoms with Gasteiger partial charge in [-0.3, -0.25) is 4.79 Å². The van der Waals surface area contributed by atoms with Gasteiger partial charge in [0.1, 0.15) is 5.69 Å². The Morgan fingerprint density at radius 3 is 2.60 bits per heavy atom. The summed E-state index contributed by atoms with van der Waals surface area (Å²) < 4.78 is 5.15. The summed E-state index contributed by atoms with van der Waals surface area (Å²) in [7, 11) is 1.62. The van der Waals surface area contributed by atoms with Gasteiger partial charge in [0.15, 0.2) is 0 Å². The number of nitrogens with zero attached hydrogens (tertiary/aromatic N) is 2. The van der Waals surface area contributed by atoms with Gasteiger partial charge in [-0.25, -0.2) is 4.98 Å². The van der Waals surface area contributed by atoms with Gasteiger partial charge in [-0.1, -0.05) is 48.5 Å². The van der Waals surface area contributed by atoms with Crippen LogP contribution in [0.4, 0.5) is 5.69 Å². The van der Waals surface area contributed by atoms with Gasteiger partial charge in [-0.2, -0.15) is 0 Å². The number of pyridine rings is 1. The first-order valence-electron chi connectivity index (χ1n) is 8.16. The van der Waals surface area contributed by atoms with Crippen molar-refractivity contribution in [2.45, 2.75) is 6.54 Å². The van der Waals surface area contributed by atoms with Crippen LogP contribution in [0.2, 0.25) is 0 Å². The third kappa shape index (κ3) is 3.95. The van der Waals surface area contributed by atoms with Gasteiger partial charge < -0.3 is 15.4 Å². The van der Waals surface area contributed by atoms with Crippen molar-refractivity contribution in [3.63, 3.8) is 0 Å². The normalized spacial score (nSPS) is 10.8. The molecule has 2 N–H and O–H groups in total. The molecular formula is C20H21N3O2. The summed E-state index contributed by atoms with van der Waals surface area (Å²) in [4.78, 5) is 19.2. The van der Waals surface area contributed by atoms with Gasteiger partial charge in [-0.05, 0) is 17.7 Å². The van der Waals surface area contributed by atoms with Crippen molar-refractivity contribution in [2.75, 3.05) is 26.0 Å². The Hall–Kier alpha value is -2.92. The standard InChI is InChI=1S/C20H21N3O2/c1-25-12-11-23(14-15-7-3-2-4-8-15)20(24)19-13-17(21)16-9-5-6-10-18(16)22-19/h2-10,13H,11-12,14H2,1H3,(H2,21,22). The van der Waals surface area contributed by atoms with Gasteiger partial charge in [0.2, 0.25) is 0 Å². The maximum atomic E-state index is 13.0. The van der Waals surface area contributed by atoms with E-state index in [-0.39, 0.29) is 5.91 Å². The maximum absolute atomic E-state index is 13.0. The highest BCUT2D eigenvalue weighted by atomic mass is 16.5. The molecule has 0 unspecified atom stereocenters. The molecule has 25 heavy (non-hydrogen) atoms. The lowest BCUT2D eigenvalue weighted by Gasteiger charge is -2.22. The summed E-state index contributed by atoms with van der Waals surface area (Å²) in [6, 6.07) is 19.1. The second-order valence-electron chi connectivity index (χ2n) is 5.82. The predicted molar refractivity (Wildman–Crippen MR) is 99.2 cm³/mol. The second kappa shape index (κ2) is 7.77.